The molecule has 1 saturated heterocycles. The molecule has 1 rings (SSSR count). The molecule has 1 amide bonds. The van der Waals surface area contributed by atoms with Crippen molar-refractivity contribution in [3.8, 4) is 0 Å². The van der Waals surface area contributed by atoms with Gasteiger partial charge in [0.2, 0.25) is 0 Å². The van der Waals surface area contributed by atoms with Crippen molar-refractivity contribution in [1.29, 1.82) is 0 Å². The average Bonchev–Trinajstić information content (AvgIpc) is 2.25. The third-order valence-electron chi connectivity index (χ3n) is 2.57. The van der Waals surface area contributed by atoms with Gasteiger partial charge in [0, 0.05) is 19.5 Å². The fraction of sp³-hybridized carbons (Fsp3) is 0.636. The Kier molecular flexibility index (Phi) is 4.82. The van der Waals surface area contributed by atoms with E-state index in [0.717, 1.165) is 12.8 Å². The predicted octanol–water partition coefficient (Wildman–Crippen LogP) is 1.50. The van der Waals surface area contributed by atoms with E-state index >= 15 is 0 Å². The first-order chi connectivity index (χ1) is 7.63. The lowest BCUT2D eigenvalue weighted by Crippen LogP contribution is -2.40. The molecule has 0 spiro atoms. The van der Waals surface area contributed by atoms with E-state index in [-0.39, 0.29) is 25.0 Å². The summed E-state index contributed by atoms with van der Waals surface area (Å²) in [5.41, 5.74) is 0. The minimum absolute atomic E-state index is 0.0440. The number of amides is 1. The summed E-state index contributed by atoms with van der Waals surface area (Å²) in [6.07, 6.45) is 2.94. The Morgan fingerprint density at radius 2 is 2.31 bits per heavy atom. The highest BCUT2D eigenvalue weighted by atomic mass is 16.6. The van der Waals surface area contributed by atoms with Crippen molar-refractivity contribution < 1.29 is 19.4 Å². The molecule has 0 aromatic carbocycles. The fourth-order valence-electron chi connectivity index (χ4n) is 1.87. The molecule has 0 radical (unpaired) electrons. The van der Waals surface area contributed by atoms with Crippen LogP contribution in [0.2, 0.25) is 0 Å². The fourth-order valence-corrected chi connectivity index (χ4v) is 1.87. The Morgan fingerprint density at radius 1 is 1.56 bits per heavy atom. The van der Waals surface area contributed by atoms with Crippen LogP contribution in [-0.4, -0.2) is 41.8 Å². The Hall–Kier alpha value is -1.52. The largest absolute Gasteiger partial charge is 0.481 e. The van der Waals surface area contributed by atoms with Crippen LogP contribution in [-0.2, 0) is 9.53 Å². The summed E-state index contributed by atoms with van der Waals surface area (Å²) < 4.78 is 4.91. The van der Waals surface area contributed by atoms with Crippen molar-refractivity contribution in [3.05, 3.63) is 12.7 Å². The smallest absolute Gasteiger partial charge is 0.410 e. The second-order valence-corrected chi connectivity index (χ2v) is 3.92. The number of ether oxygens (including phenoxy) is 1. The highest BCUT2D eigenvalue weighted by Crippen LogP contribution is 2.20. The maximum Gasteiger partial charge on any atom is 0.410 e. The van der Waals surface area contributed by atoms with Crippen molar-refractivity contribution in [1.82, 2.24) is 4.90 Å². The maximum absolute atomic E-state index is 11.5. The molecule has 1 heterocycles. The van der Waals surface area contributed by atoms with E-state index in [1.54, 1.807) is 4.90 Å². The third kappa shape index (κ3) is 3.92. The molecule has 1 N–H and O–H groups in total. The van der Waals surface area contributed by atoms with Gasteiger partial charge in [0.15, 0.2) is 0 Å². The van der Waals surface area contributed by atoms with Gasteiger partial charge in [-0.05, 0) is 18.8 Å². The van der Waals surface area contributed by atoms with E-state index in [0.29, 0.717) is 13.1 Å². The molecule has 16 heavy (non-hydrogen) atoms. The first kappa shape index (κ1) is 12.5. The topological polar surface area (TPSA) is 66.8 Å². The van der Waals surface area contributed by atoms with Gasteiger partial charge in [-0.1, -0.05) is 12.7 Å². The number of likely N-dealkylation sites (tertiary alicyclic amines) is 1. The first-order valence-corrected chi connectivity index (χ1v) is 5.38. The molecule has 0 aromatic heterocycles. The summed E-state index contributed by atoms with van der Waals surface area (Å²) >= 11 is 0. The van der Waals surface area contributed by atoms with Crippen molar-refractivity contribution in [3.63, 3.8) is 0 Å². The average molecular weight is 227 g/mol. The Labute approximate surface area is 94.7 Å². The number of carboxylic acid groups (broad SMARTS) is 1. The summed E-state index contributed by atoms with van der Waals surface area (Å²) in [6, 6.07) is 0. The van der Waals surface area contributed by atoms with Gasteiger partial charge in [-0.2, -0.15) is 0 Å². The van der Waals surface area contributed by atoms with E-state index in [1.165, 1.54) is 6.08 Å². The minimum Gasteiger partial charge on any atom is -0.481 e. The third-order valence-corrected chi connectivity index (χ3v) is 2.57. The van der Waals surface area contributed by atoms with Gasteiger partial charge in [-0.3, -0.25) is 4.79 Å². The van der Waals surface area contributed by atoms with Crippen LogP contribution in [0.5, 0.6) is 0 Å². The molecule has 5 nitrogen and oxygen atoms in total. The minimum atomic E-state index is -0.814. The Balaban J connectivity index is 2.40. The van der Waals surface area contributed by atoms with E-state index in [9.17, 15) is 9.59 Å². The monoisotopic (exact) mass is 227 g/mol. The zero-order chi connectivity index (χ0) is 12.0. The van der Waals surface area contributed by atoms with Crippen LogP contribution >= 0.6 is 0 Å². The number of carbonyl (C=O) groups is 2. The molecule has 1 unspecified atom stereocenters. The Bertz CT molecular complexity index is 277. The zero-order valence-electron chi connectivity index (χ0n) is 9.22. The quantitative estimate of drug-likeness (QED) is 0.739. The van der Waals surface area contributed by atoms with Crippen molar-refractivity contribution >= 4 is 12.1 Å². The van der Waals surface area contributed by atoms with Crippen LogP contribution in [0.4, 0.5) is 4.79 Å². The van der Waals surface area contributed by atoms with Crippen molar-refractivity contribution in [2.75, 3.05) is 19.7 Å². The summed E-state index contributed by atoms with van der Waals surface area (Å²) in [5, 5.41) is 8.68. The molecular formula is C11H17NO4. The number of hydrogen-bond acceptors (Lipinski definition) is 3. The second-order valence-electron chi connectivity index (χ2n) is 3.92. The lowest BCUT2D eigenvalue weighted by Gasteiger charge is -2.31. The number of nitrogens with zero attached hydrogens (tertiary/aromatic N) is 1. The van der Waals surface area contributed by atoms with E-state index in [4.69, 9.17) is 9.84 Å². The van der Waals surface area contributed by atoms with Gasteiger partial charge in [0.05, 0.1) is 0 Å². The van der Waals surface area contributed by atoms with Crippen molar-refractivity contribution in [2.45, 2.75) is 19.3 Å². The zero-order valence-corrected chi connectivity index (χ0v) is 9.22. The van der Waals surface area contributed by atoms with Gasteiger partial charge >= 0.3 is 12.1 Å². The summed E-state index contributed by atoms with van der Waals surface area (Å²) in [5.74, 6) is -0.770. The number of hydrogen-bond donors (Lipinski definition) is 1. The summed E-state index contributed by atoms with van der Waals surface area (Å²) in [7, 11) is 0. The number of aliphatic carboxylic acids is 1. The van der Waals surface area contributed by atoms with Gasteiger partial charge in [-0.25, -0.2) is 4.79 Å². The summed E-state index contributed by atoms with van der Waals surface area (Å²) in [4.78, 5) is 23.6. The standard InChI is InChI=1S/C11H17NO4/c1-2-6-16-11(15)12-5-3-4-9(8-12)7-10(13)14/h2,9H,1,3-8H2,(H,13,14). The van der Waals surface area contributed by atoms with E-state index in [2.05, 4.69) is 6.58 Å². The van der Waals surface area contributed by atoms with Crippen LogP contribution in [0.25, 0.3) is 0 Å². The normalized spacial score (nSPS) is 20.2. The molecule has 1 aliphatic rings. The number of carbonyl (C=O) groups excluding carboxylic acids is 1. The first-order valence-electron chi connectivity index (χ1n) is 5.38. The molecule has 0 aromatic rings. The van der Waals surface area contributed by atoms with Gasteiger partial charge in [0.1, 0.15) is 6.61 Å². The van der Waals surface area contributed by atoms with Gasteiger partial charge < -0.3 is 14.7 Å². The summed E-state index contributed by atoms with van der Waals surface area (Å²) in [6.45, 7) is 4.77. The number of piperidine rings is 1. The van der Waals surface area contributed by atoms with E-state index < -0.39 is 5.97 Å². The molecule has 0 aliphatic carbocycles. The van der Waals surface area contributed by atoms with Crippen molar-refractivity contribution in [2.24, 2.45) is 5.92 Å². The second kappa shape index (κ2) is 6.15. The molecule has 5 heteroatoms. The number of rotatable bonds is 4. The molecule has 0 saturated carbocycles. The molecule has 0 bridgehead atoms. The van der Waals surface area contributed by atoms with Crippen LogP contribution in [0.3, 0.4) is 0 Å². The van der Waals surface area contributed by atoms with Crippen LogP contribution < -0.4 is 0 Å². The highest BCUT2D eigenvalue weighted by Gasteiger charge is 2.25. The van der Waals surface area contributed by atoms with Gasteiger partial charge in [0.25, 0.3) is 0 Å². The molecule has 1 fully saturated rings. The van der Waals surface area contributed by atoms with Crippen LogP contribution in [0.15, 0.2) is 12.7 Å². The van der Waals surface area contributed by atoms with Gasteiger partial charge in [-0.15, -0.1) is 0 Å². The van der Waals surface area contributed by atoms with Crippen LogP contribution in [0, 0.1) is 5.92 Å². The SMILES string of the molecule is C=CCOC(=O)N1CCCC(CC(=O)O)C1. The molecule has 90 valence electrons. The predicted molar refractivity (Wildman–Crippen MR) is 58.1 cm³/mol. The molecule has 1 aliphatic heterocycles. The molecular weight excluding hydrogens is 210 g/mol. The number of carboxylic acids is 1. The lowest BCUT2D eigenvalue weighted by molar-refractivity contribution is -0.138. The maximum atomic E-state index is 11.5. The van der Waals surface area contributed by atoms with E-state index in [1.807, 2.05) is 0 Å². The van der Waals surface area contributed by atoms with Crippen LogP contribution in [0.1, 0.15) is 19.3 Å². The molecule has 1 atom stereocenters. The lowest BCUT2D eigenvalue weighted by atomic mass is 9.95. The highest BCUT2D eigenvalue weighted by molar-refractivity contribution is 5.69. The Morgan fingerprint density at radius 3 is 2.94 bits per heavy atom.